The highest BCUT2D eigenvalue weighted by molar-refractivity contribution is 4.75. The Morgan fingerprint density at radius 2 is 1.88 bits per heavy atom. The molecule has 1 rings (SSSR count). The van der Waals surface area contributed by atoms with E-state index in [2.05, 4.69) is 10.0 Å². The van der Waals surface area contributed by atoms with Crippen molar-refractivity contribution in [1.29, 1.82) is 0 Å². The molecule has 48 valence electrons. The highest BCUT2D eigenvalue weighted by atomic mass is 16.3. The average molecular weight is 116 g/mol. The lowest BCUT2D eigenvalue weighted by Gasteiger charge is -1.85. The van der Waals surface area contributed by atoms with Gasteiger partial charge in [-0.3, -0.25) is 0 Å². The van der Waals surface area contributed by atoms with E-state index in [1.165, 1.54) is 0 Å². The molecule has 2 unspecified atom stereocenters. The molecule has 1 aliphatic rings. The van der Waals surface area contributed by atoms with Gasteiger partial charge in [-0.1, -0.05) is 0 Å². The molecule has 0 bridgehead atoms. The van der Waals surface area contributed by atoms with E-state index in [1.807, 2.05) is 14.1 Å². The van der Waals surface area contributed by atoms with Crippen LogP contribution in [0.25, 0.3) is 0 Å². The zero-order chi connectivity index (χ0) is 6.15. The van der Waals surface area contributed by atoms with Crippen LogP contribution >= 0.6 is 0 Å². The van der Waals surface area contributed by atoms with Gasteiger partial charge in [0.2, 0.25) is 0 Å². The molecular weight excluding hydrogens is 104 g/mol. The van der Waals surface area contributed by atoms with E-state index in [-0.39, 0.29) is 0 Å². The van der Waals surface area contributed by atoms with Crippen molar-refractivity contribution in [2.24, 2.45) is 0 Å². The normalized spacial score (nSPS) is 44.6. The molecule has 0 aromatic rings. The third kappa shape index (κ3) is 0.844. The second-order valence-corrected chi connectivity index (χ2v) is 2.14. The first-order chi connectivity index (χ1) is 3.77. The van der Waals surface area contributed by atoms with E-state index in [1.54, 1.807) is 0 Å². The minimum Gasteiger partial charge on any atom is -0.396 e. The first kappa shape index (κ1) is 6.01. The van der Waals surface area contributed by atoms with Crippen LogP contribution in [0.5, 0.6) is 0 Å². The van der Waals surface area contributed by atoms with E-state index in [4.69, 9.17) is 5.11 Å². The molecule has 8 heavy (non-hydrogen) atoms. The quantitative estimate of drug-likeness (QED) is 0.492. The Kier molecular flexibility index (Phi) is 1.51. The standard InChI is InChI=1S/C5H12N2O/c1-6-5(3-4-8)7(6)2/h5,8H,3-4H2,1-2H3. The molecule has 1 fully saturated rings. The summed E-state index contributed by atoms with van der Waals surface area (Å²) in [6.07, 6.45) is 1.37. The predicted octanol–water partition coefficient (Wildman–Crippen LogP) is -0.513. The lowest BCUT2D eigenvalue weighted by molar-refractivity contribution is 0.280. The van der Waals surface area contributed by atoms with Crippen LogP contribution in [0.15, 0.2) is 0 Å². The van der Waals surface area contributed by atoms with E-state index in [0.717, 1.165) is 6.42 Å². The van der Waals surface area contributed by atoms with Crippen molar-refractivity contribution in [2.75, 3.05) is 20.7 Å². The van der Waals surface area contributed by atoms with Crippen LogP contribution in [0.4, 0.5) is 0 Å². The Morgan fingerprint density at radius 3 is 2.00 bits per heavy atom. The van der Waals surface area contributed by atoms with Crippen molar-refractivity contribution in [3.8, 4) is 0 Å². The summed E-state index contributed by atoms with van der Waals surface area (Å²) in [5.74, 6) is 0. The van der Waals surface area contributed by atoms with Gasteiger partial charge in [-0.25, -0.2) is 10.0 Å². The summed E-state index contributed by atoms with van der Waals surface area (Å²) in [6.45, 7) is 0.291. The monoisotopic (exact) mass is 116 g/mol. The fraction of sp³-hybridized carbons (Fsp3) is 1.00. The molecular formula is C5H12N2O. The molecule has 0 aromatic carbocycles. The second kappa shape index (κ2) is 2.01. The van der Waals surface area contributed by atoms with Crippen molar-refractivity contribution in [3.05, 3.63) is 0 Å². The molecule has 1 N–H and O–H groups in total. The van der Waals surface area contributed by atoms with Gasteiger partial charge in [0.15, 0.2) is 0 Å². The van der Waals surface area contributed by atoms with Crippen LogP contribution in [0.2, 0.25) is 0 Å². The van der Waals surface area contributed by atoms with Gasteiger partial charge in [-0.05, 0) is 0 Å². The number of hydrogen-bond donors (Lipinski definition) is 1. The van der Waals surface area contributed by atoms with Crippen molar-refractivity contribution in [1.82, 2.24) is 10.0 Å². The van der Waals surface area contributed by atoms with Gasteiger partial charge in [0.05, 0.1) is 6.17 Å². The van der Waals surface area contributed by atoms with Crippen molar-refractivity contribution in [3.63, 3.8) is 0 Å². The van der Waals surface area contributed by atoms with Gasteiger partial charge in [-0.2, -0.15) is 0 Å². The molecule has 0 radical (unpaired) electrons. The molecule has 2 atom stereocenters. The molecule has 3 nitrogen and oxygen atoms in total. The second-order valence-electron chi connectivity index (χ2n) is 2.14. The van der Waals surface area contributed by atoms with Crippen LogP contribution < -0.4 is 0 Å². The van der Waals surface area contributed by atoms with Crippen molar-refractivity contribution >= 4 is 0 Å². The molecule has 0 aromatic heterocycles. The molecule has 0 amide bonds. The number of hydrogen-bond acceptors (Lipinski definition) is 3. The summed E-state index contributed by atoms with van der Waals surface area (Å²) in [5, 5.41) is 12.6. The summed E-state index contributed by atoms with van der Waals surface area (Å²) >= 11 is 0. The average Bonchev–Trinajstić information content (AvgIpc) is 2.25. The highest BCUT2D eigenvalue weighted by Crippen LogP contribution is 2.22. The molecule has 0 spiro atoms. The number of aliphatic hydroxyl groups is 1. The maximum atomic E-state index is 8.46. The number of rotatable bonds is 2. The van der Waals surface area contributed by atoms with Crippen LogP contribution in [0, 0.1) is 0 Å². The van der Waals surface area contributed by atoms with Gasteiger partial charge < -0.3 is 5.11 Å². The van der Waals surface area contributed by atoms with Gasteiger partial charge in [-0.15, -0.1) is 0 Å². The summed E-state index contributed by atoms with van der Waals surface area (Å²) < 4.78 is 0. The lowest BCUT2D eigenvalue weighted by Crippen LogP contribution is -1.96. The fourth-order valence-electron chi connectivity index (χ4n) is 0.918. The van der Waals surface area contributed by atoms with Gasteiger partial charge >= 0.3 is 0 Å². The SMILES string of the molecule is CN1C(CCO)N1C. The van der Waals surface area contributed by atoms with Gasteiger partial charge in [0, 0.05) is 27.1 Å². The number of hydrazine groups is 1. The van der Waals surface area contributed by atoms with Crippen molar-refractivity contribution in [2.45, 2.75) is 12.6 Å². The topological polar surface area (TPSA) is 26.2 Å². The summed E-state index contributed by atoms with van der Waals surface area (Å²) in [4.78, 5) is 0. The molecule has 3 heteroatoms. The summed E-state index contributed by atoms with van der Waals surface area (Å²) in [6, 6.07) is 0. The summed E-state index contributed by atoms with van der Waals surface area (Å²) in [5.41, 5.74) is 0. The molecule has 1 aliphatic heterocycles. The largest absolute Gasteiger partial charge is 0.396 e. The minimum atomic E-state index is 0.291. The first-order valence-corrected chi connectivity index (χ1v) is 2.84. The predicted molar refractivity (Wildman–Crippen MR) is 31.0 cm³/mol. The van der Waals surface area contributed by atoms with Crippen LogP contribution in [-0.2, 0) is 0 Å². The van der Waals surface area contributed by atoms with Crippen LogP contribution in [0.1, 0.15) is 6.42 Å². The molecule has 0 saturated carbocycles. The molecule has 1 saturated heterocycles. The fourth-order valence-corrected chi connectivity index (χ4v) is 0.918. The Hall–Kier alpha value is -0.120. The van der Waals surface area contributed by atoms with E-state index in [9.17, 15) is 0 Å². The number of aliphatic hydroxyl groups excluding tert-OH is 1. The summed E-state index contributed by atoms with van der Waals surface area (Å²) in [7, 11) is 4.03. The zero-order valence-electron chi connectivity index (χ0n) is 5.33. The Bertz CT molecular complexity index is 78.5. The lowest BCUT2D eigenvalue weighted by atomic mass is 10.4. The van der Waals surface area contributed by atoms with Gasteiger partial charge in [0.25, 0.3) is 0 Å². The Morgan fingerprint density at radius 1 is 1.38 bits per heavy atom. The van der Waals surface area contributed by atoms with E-state index < -0.39 is 0 Å². The van der Waals surface area contributed by atoms with Crippen LogP contribution in [0.3, 0.4) is 0 Å². The number of nitrogens with zero attached hydrogens (tertiary/aromatic N) is 2. The van der Waals surface area contributed by atoms with E-state index >= 15 is 0 Å². The zero-order valence-corrected chi connectivity index (χ0v) is 5.33. The van der Waals surface area contributed by atoms with Gasteiger partial charge in [0.1, 0.15) is 0 Å². The third-order valence-corrected chi connectivity index (χ3v) is 1.69. The maximum absolute atomic E-state index is 8.46. The molecule has 1 heterocycles. The van der Waals surface area contributed by atoms with Crippen LogP contribution in [-0.4, -0.2) is 42.0 Å². The Labute approximate surface area is 49.5 Å². The Balaban J connectivity index is 2.13. The third-order valence-electron chi connectivity index (χ3n) is 1.69. The highest BCUT2D eigenvalue weighted by Gasteiger charge is 2.36. The maximum Gasteiger partial charge on any atom is 0.0909 e. The smallest absolute Gasteiger partial charge is 0.0909 e. The van der Waals surface area contributed by atoms with E-state index in [0.29, 0.717) is 12.8 Å². The van der Waals surface area contributed by atoms with Crippen molar-refractivity contribution < 1.29 is 5.11 Å². The first-order valence-electron chi connectivity index (χ1n) is 2.84. The minimum absolute atomic E-state index is 0.291. The molecule has 0 aliphatic carbocycles.